The third kappa shape index (κ3) is 4.10. The van der Waals surface area contributed by atoms with E-state index in [1.165, 1.54) is 18.7 Å². The molecule has 0 saturated carbocycles. The first kappa shape index (κ1) is 17.8. The maximum absolute atomic E-state index is 12.7. The number of halogens is 3. The number of hydrogen-bond acceptors (Lipinski definition) is 4. The number of alkyl halides is 3. The minimum absolute atomic E-state index is 0.198. The summed E-state index contributed by atoms with van der Waals surface area (Å²) in [5.74, 6) is -0.564. The molecule has 0 amide bonds. The standard InChI is InChI=1S/C11H19F3N4O2S/c1-7(2)5-18(6-11(12,13)14)21(19,20)9-8(3)17(4)16-10(9)15/h7H,5-6H2,1-4H3,(H2,15,16). The maximum atomic E-state index is 12.7. The molecule has 1 heterocycles. The Kier molecular flexibility index (Phi) is 4.94. The molecule has 0 unspecified atom stereocenters. The number of rotatable bonds is 5. The minimum Gasteiger partial charge on any atom is -0.381 e. The lowest BCUT2D eigenvalue weighted by Gasteiger charge is -2.25. The Balaban J connectivity index is 3.33. The van der Waals surface area contributed by atoms with Crippen LogP contribution in [0.25, 0.3) is 0 Å². The fourth-order valence-corrected chi connectivity index (χ4v) is 3.80. The number of nitrogen functional groups attached to an aromatic ring is 1. The van der Waals surface area contributed by atoms with Crippen molar-refractivity contribution in [3.63, 3.8) is 0 Å². The number of sulfonamides is 1. The lowest BCUT2D eigenvalue weighted by atomic mass is 10.2. The molecule has 0 aliphatic heterocycles. The van der Waals surface area contributed by atoms with E-state index in [9.17, 15) is 21.6 Å². The van der Waals surface area contributed by atoms with Gasteiger partial charge in [-0.15, -0.1) is 0 Å². The van der Waals surface area contributed by atoms with Crippen LogP contribution in [0.4, 0.5) is 19.0 Å². The largest absolute Gasteiger partial charge is 0.402 e. The highest BCUT2D eigenvalue weighted by atomic mass is 32.2. The molecule has 0 spiro atoms. The van der Waals surface area contributed by atoms with Crippen LogP contribution in [0.1, 0.15) is 19.5 Å². The lowest BCUT2D eigenvalue weighted by molar-refractivity contribution is -0.136. The zero-order valence-electron chi connectivity index (χ0n) is 12.3. The number of nitrogens with two attached hydrogens (primary N) is 1. The van der Waals surface area contributed by atoms with E-state index < -0.39 is 22.7 Å². The summed E-state index contributed by atoms with van der Waals surface area (Å²) in [6, 6.07) is 0. The highest BCUT2D eigenvalue weighted by Crippen LogP contribution is 2.28. The molecule has 0 bridgehead atoms. The SMILES string of the molecule is Cc1c(S(=O)(=O)N(CC(C)C)CC(F)(F)F)c(N)nn1C. The van der Waals surface area contributed by atoms with Crippen molar-refractivity contribution in [2.45, 2.75) is 31.8 Å². The number of nitrogens with zero attached hydrogens (tertiary/aromatic N) is 3. The molecule has 1 aromatic rings. The molecule has 0 aliphatic rings. The topological polar surface area (TPSA) is 81.2 Å². The van der Waals surface area contributed by atoms with E-state index >= 15 is 0 Å². The molecular weight excluding hydrogens is 309 g/mol. The van der Waals surface area contributed by atoms with E-state index in [-0.39, 0.29) is 28.9 Å². The van der Waals surface area contributed by atoms with Gasteiger partial charge in [-0.05, 0) is 12.8 Å². The third-order valence-electron chi connectivity index (χ3n) is 2.83. The fraction of sp³-hybridized carbons (Fsp3) is 0.727. The van der Waals surface area contributed by atoms with Gasteiger partial charge in [0, 0.05) is 13.6 Å². The van der Waals surface area contributed by atoms with E-state index in [1.54, 1.807) is 13.8 Å². The molecule has 0 aromatic carbocycles. The number of aromatic nitrogens is 2. The Labute approximate surface area is 121 Å². The number of anilines is 1. The molecule has 10 heteroatoms. The van der Waals surface area contributed by atoms with Crippen molar-refractivity contribution in [1.82, 2.24) is 14.1 Å². The van der Waals surface area contributed by atoms with Gasteiger partial charge in [0.2, 0.25) is 10.0 Å². The highest BCUT2D eigenvalue weighted by molar-refractivity contribution is 7.89. The number of aryl methyl sites for hydroxylation is 1. The van der Waals surface area contributed by atoms with Gasteiger partial charge in [-0.2, -0.15) is 22.6 Å². The second kappa shape index (κ2) is 5.84. The Morgan fingerprint density at radius 1 is 1.38 bits per heavy atom. The predicted molar refractivity (Wildman–Crippen MR) is 72.0 cm³/mol. The van der Waals surface area contributed by atoms with E-state index in [0.717, 1.165) is 0 Å². The summed E-state index contributed by atoms with van der Waals surface area (Å²) in [7, 11) is -2.89. The van der Waals surface area contributed by atoms with Crippen molar-refractivity contribution in [2.24, 2.45) is 13.0 Å². The van der Waals surface area contributed by atoms with Crippen LogP contribution in [0, 0.1) is 12.8 Å². The summed E-state index contributed by atoms with van der Waals surface area (Å²) in [4.78, 5) is -0.366. The first-order valence-corrected chi connectivity index (χ1v) is 7.66. The summed E-state index contributed by atoms with van der Waals surface area (Å²) in [5, 5.41) is 3.74. The van der Waals surface area contributed by atoms with Crippen LogP contribution in [-0.2, 0) is 17.1 Å². The summed E-state index contributed by atoms with van der Waals surface area (Å²) in [5.41, 5.74) is 5.74. The Hall–Kier alpha value is -1.29. The molecular formula is C11H19F3N4O2S. The van der Waals surface area contributed by atoms with Gasteiger partial charge in [-0.25, -0.2) is 8.42 Å². The zero-order valence-corrected chi connectivity index (χ0v) is 13.1. The average molecular weight is 328 g/mol. The fourth-order valence-electron chi connectivity index (χ4n) is 1.92. The minimum atomic E-state index is -4.63. The Morgan fingerprint density at radius 2 is 1.90 bits per heavy atom. The summed E-state index contributed by atoms with van der Waals surface area (Å²) >= 11 is 0. The van der Waals surface area contributed by atoms with Crippen LogP contribution < -0.4 is 5.73 Å². The molecule has 2 N–H and O–H groups in total. The normalized spacial score (nSPS) is 13.4. The van der Waals surface area contributed by atoms with Gasteiger partial charge >= 0.3 is 6.18 Å². The third-order valence-corrected chi connectivity index (χ3v) is 4.81. The zero-order chi connectivity index (χ0) is 16.6. The molecule has 1 aromatic heterocycles. The van der Waals surface area contributed by atoms with E-state index in [1.807, 2.05) is 0 Å². The molecule has 0 saturated heterocycles. The first-order chi connectivity index (χ1) is 9.36. The van der Waals surface area contributed by atoms with E-state index in [4.69, 9.17) is 5.73 Å². The van der Waals surface area contributed by atoms with E-state index in [2.05, 4.69) is 5.10 Å². The summed E-state index contributed by atoms with van der Waals surface area (Å²) in [6.45, 7) is 2.91. The molecule has 1 rings (SSSR count). The van der Waals surface area contributed by atoms with Crippen molar-refractivity contribution >= 4 is 15.8 Å². The summed E-state index contributed by atoms with van der Waals surface area (Å²) in [6.07, 6.45) is -4.63. The second-order valence-corrected chi connectivity index (χ2v) is 7.10. The molecule has 0 aliphatic carbocycles. The maximum Gasteiger partial charge on any atom is 0.402 e. The van der Waals surface area contributed by atoms with Crippen LogP contribution in [0.5, 0.6) is 0 Å². The van der Waals surface area contributed by atoms with Crippen molar-refractivity contribution in [3.8, 4) is 0 Å². The van der Waals surface area contributed by atoms with Crippen molar-refractivity contribution in [1.29, 1.82) is 0 Å². The van der Waals surface area contributed by atoms with Crippen molar-refractivity contribution < 1.29 is 21.6 Å². The van der Waals surface area contributed by atoms with Crippen LogP contribution >= 0.6 is 0 Å². The van der Waals surface area contributed by atoms with Gasteiger partial charge in [-0.1, -0.05) is 13.8 Å². The van der Waals surface area contributed by atoms with Gasteiger partial charge in [0.05, 0.1) is 5.69 Å². The monoisotopic (exact) mass is 328 g/mol. The molecule has 21 heavy (non-hydrogen) atoms. The Bertz CT molecular complexity index is 608. The quantitative estimate of drug-likeness (QED) is 0.888. The summed E-state index contributed by atoms with van der Waals surface area (Å²) < 4.78 is 64.6. The lowest BCUT2D eigenvalue weighted by Crippen LogP contribution is -2.41. The van der Waals surface area contributed by atoms with Crippen LogP contribution in [0.3, 0.4) is 0 Å². The molecule has 0 fully saturated rings. The van der Waals surface area contributed by atoms with Crippen molar-refractivity contribution in [2.75, 3.05) is 18.8 Å². The smallest absolute Gasteiger partial charge is 0.381 e. The average Bonchev–Trinajstić information content (AvgIpc) is 2.49. The van der Waals surface area contributed by atoms with E-state index in [0.29, 0.717) is 4.31 Å². The molecule has 122 valence electrons. The van der Waals surface area contributed by atoms with Gasteiger partial charge < -0.3 is 5.73 Å². The van der Waals surface area contributed by atoms with Crippen LogP contribution in [0.2, 0.25) is 0 Å². The van der Waals surface area contributed by atoms with Gasteiger partial charge in [0.15, 0.2) is 5.82 Å². The van der Waals surface area contributed by atoms with Crippen LogP contribution in [-0.4, -0.2) is 41.8 Å². The van der Waals surface area contributed by atoms with Gasteiger partial charge in [-0.3, -0.25) is 4.68 Å². The molecule has 0 atom stereocenters. The second-order valence-electron chi connectivity index (χ2n) is 5.23. The van der Waals surface area contributed by atoms with Gasteiger partial charge in [0.1, 0.15) is 11.4 Å². The van der Waals surface area contributed by atoms with Crippen LogP contribution in [0.15, 0.2) is 4.90 Å². The molecule has 6 nitrogen and oxygen atoms in total. The predicted octanol–water partition coefficient (Wildman–Crippen LogP) is 1.52. The Morgan fingerprint density at radius 3 is 2.24 bits per heavy atom. The number of hydrogen-bond donors (Lipinski definition) is 1. The highest BCUT2D eigenvalue weighted by Gasteiger charge is 2.39. The molecule has 0 radical (unpaired) electrons. The van der Waals surface area contributed by atoms with Gasteiger partial charge in [0.25, 0.3) is 0 Å². The first-order valence-electron chi connectivity index (χ1n) is 6.22. The van der Waals surface area contributed by atoms with Crippen molar-refractivity contribution in [3.05, 3.63) is 5.69 Å².